The number of ether oxygens (including phenoxy) is 1. The molecule has 0 radical (unpaired) electrons. The SMILES string of the molecule is CC1CC(C)(C)N(C)c2ccc(/C=C3/SC(=Nc4ccccc4)N(CC4CCCO4)C3=O)cc21. The Labute approximate surface area is 206 Å². The predicted molar refractivity (Wildman–Crippen MR) is 142 cm³/mol. The van der Waals surface area contributed by atoms with Crippen molar-refractivity contribution in [2.45, 2.75) is 57.6 Å². The fourth-order valence-electron chi connectivity index (χ4n) is 5.19. The van der Waals surface area contributed by atoms with E-state index in [9.17, 15) is 4.79 Å². The Hall–Kier alpha value is -2.57. The topological polar surface area (TPSA) is 45.1 Å². The Kier molecular flexibility index (Phi) is 6.30. The Morgan fingerprint density at radius 3 is 2.74 bits per heavy atom. The average molecular weight is 476 g/mol. The van der Waals surface area contributed by atoms with E-state index in [-0.39, 0.29) is 17.6 Å². The minimum Gasteiger partial charge on any atom is -0.376 e. The zero-order valence-electron chi connectivity index (χ0n) is 20.5. The van der Waals surface area contributed by atoms with Crippen molar-refractivity contribution in [1.82, 2.24) is 4.90 Å². The zero-order valence-corrected chi connectivity index (χ0v) is 21.3. The molecule has 2 aromatic rings. The predicted octanol–water partition coefficient (Wildman–Crippen LogP) is 6.19. The van der Waals surface area contributed by atoms with Crippen molar-refractivity contribution < 1.29 is 9.53 Å². The van der Waals surface area contributed by atoms with Gasteiger partial charge in [0.2, 0.25) is 0 Å². The third kappa shape index (κ3) is 4.53. The molecule has 0 aromatic heterocycles. The quantitative estimate of drug-likeness (QED) is 0.495. The number of hydrogen-bond acceptors (Lipinski definition) is 5. The highest BCUT2D eigenvalue weighted by molar-refractivity contribution is 8.18. The summed E-state index contributed by atoms with van der Waals surface area (Å²) in [6.07, 6.45) is 5.24. The Bertz CT molecular complexity index is 1140. The standard InChI is InChI=1S/C28H33N3O2S/c1-19-17-28(2,3)30(4)24-13-12-20(15-23(19)24)16-25-26(32)31(18-22-11-8-14-33-22)27(34-25)29-21-9-6-5-7-10-21/h5-7,9-10,12-13,15-16,19,22H,8,11,14,17-18H2,1-4H3/b25-16+,29-27?. The van der Waals surface area contributed by atoms with Gasteiger partial charge >= 0.3 is 0 Å². The van der Waals surface area contributed by atoms with E-state index >= 15 is 0 Å². The summed E-state index contributed by atoms with van der Waals surface area (Å²) in [5, 5.41) is 0.728. The first-order valence-electron chi connectivity index (χ1n) is 12.2. The second-order valence-electron chi connectivity index (χ2n) is 10.2. The number of carbonyl (C=O) groups excluding carboxylic acids is 1. The van der Waals surface area contributed by atoms with Crippen LogP contribution in [0.5, 0.6) is 0 Å². The number of anilines is 1. The number of aliphatic imine (C=N–C) groups is 1. The van der Waals surface area contributed by atoms with Crippen LogP contribution in [0.1, 0.15) is 57.1 Å². The van der Waals surface area contributed by atoms with Crippen LogP contribution in [0.2, 0.25) is 0 Å². The number of fused-ring (bicyclic) bond motifs is 1. The molecule has 2 atom stereocenters. The smallest absolute Gasteiger partial charge is 0.266 e. The van der Waals surface area contributed by atoms with Gasteiger partial charge in [0.05, 0.1) is 23.2 Å². The molecule has 3 aliphatic heterocycles. The minimum atomic E-state index is 0.0131. The highest BCUT2D eigenvalue weighted by Gasteiger charge is 2.37. The maximum Gasteiger partial charge on any atom is 0.266 e. The molecule has 3 heterocycles. The molecule has 0 spiro atoms. The van der Waals surface area contributed by atoms with Crippen LogP contribution in [-0.4, -0.2) is 47.8 Å². The van der Waals surface area contributed by atoms with Gasteiger partial charge in [-0.1, -0.05) is 31.2 Å². The normalized spacial score (nSPS) is 26.5. The second kappa shape index (κ2) is 9.23. The van der Waals surface area contributed by atoms with Crippen LogP contribution < -0.4 is 4.90 Å². The number of rotatable bonds is 4. The van der Waals surface area contributed by atoms with Crippen LogP contribution in [0.15, 0.2) is 58.4 Å². The van der Waals surface area contributed by atoms with E-state index in [1.807, 2.05) is 36.4 Å². The summed E-state index contributed by atoms with van der Waals surface area (Å²) in [5.74, 6) is 0.483. The average Bonchev–Trinajstić information content (AvgIpc) is 3.43. The van der Waals surface area contributed by atoms with Crippen LogP contribution in [0.4, 0.5) is 11.4 Å². The molecule has 2 aromatic carbocycles. The maximum atomic E-state index is 13.5. The van der Waals surface area contributed by atoms with Crippen LogP contribution in [0.25, 0.3) is 6.08 Å². The minimum absolute atomic E-state index is 0.0131. The van der Waals surface area contributed by atoms with Gasteiger partial charge in [-0.3, -0.25) is 9.69 Å². The van der Waals surface area contributed by atoms with Crippen molar-refractivity contribution in [2.24, 2.45) is 4.99 Å². The lowest BCUT2D eigenvalue weighted by atomic mass is 9.80. The molecule has 0 saturated carbocycles. The number of nitrogens with zero attached hydrogens (tertiary/aromatic N) is 3. The van der Waals surface area contributed by atoms with Crippen molar-refractivity contribution in [3.05, 3.63) is 64.6 Å². The van der Waals surface area contributed by atoms with E-state index in [1.54, 1.807) is 4.90 Å². The molecule has 2 fully saturated rings. The molecule has 3 aliphatic rings. The largest absolute Gasteiger partial charge is 0.376 e. The van der Waals surface area contributed by atoms with Crippen molar-refractivity contribution in [3.8, 4) is 0 Å². The van der Waals surface area contributed by atoms with Gasteiger partial charge in [-0.05, 0) is 92.3 Å². The maximum absolute atomic E-state index is 13.5. The van der Waals surface area contributed by atoms with Gasteiger partial charge in [0.25, 0.3) is 5.91 Å². The molecule has 0 bridgehead atoms. The van der Waals surface area contributed by atoms with Gasteiger partial charge in [-0.25, -0.2) is 4.99 Å². The highest BCUT2D eigenvalue weighted by atomic mass is 32.2. The number of para-hydroxylation sites is 1. The van der Waals surface area contributed by atoms with Crippen molar-refractivity contribution in [1.29, 1.82) is 0 Å². The molecule has 178 valence electrons. The first kappa shape index (κ1) is 23.2. The van der Waals surface area contributed by atoms with Crippen LogP contribution in [-0.2, 0) is 9.53 Å². The van der Waals surface area contributed by atoms with Crippen molar-refractivity contribution in [3.63, 3.8) is 0 Å². The molecule has 2 unspecified atom stereocenters. The number of carbonyl (C=O) groups is 1. The molecular formula is C28H33N3O2S. The van der Waals surface area contributed by atoms with Gasteiger partial charge in [0, 0.05) is 24.9 Å². The van der Waals surface area contributed by atoms with Crippen LogP contribution >= 0.6 is 11.8 Å². The fraction of sp³-hybridized carbons (Fsp3) is 0.429. The molecular weight excluding hydrogens is 442 g/mol. The zero-order chi connectivity index (χ0) is 23.9. The molecule has 0 aliphatic carbocycles. The number of hydrogen-bond donors (Lipinski definition) is 0. The summed E-state index contributed by atoms with van der Waals surface area (Å²) in [7, 11) is 2.18. The van der Waals surface area contributed by atoms with Gasteiger partial charge < -0.3 is 9.64 Å². The molecule has 5 rings (SSSR count). The van der Waals surface area contributed by atoms with E-state index in [0.717, 1.165) is 42.3 Å². The van der Waals surface area contributed by atoms with E-state index in [2.05, 4.69) is 50.9 Å². The van der Waals surface area contributed by atoms with Gasteiger partial charge in [-0.15, -0.1) is 0 Å². The number of amides is 1. The number of benzene rings is 2. The monoisotopic (exact) mass is 475 g/mol. The summed E-state index contributed by atoms with van der Waals surface area (Å²) < 4.78 is 5.83. The first-order chi connectivity index (χ1) is 16.3. The lowest BCUT2D eigenvalue weighted by molar-refractivity contribution is -0.123. The summed E-state index contributed by atoms with van der Waals surface area (Å²) in [5.41, 5.74) is 4.68. The summed E-state index contributed by atoms with van der Waals surface area (Å²) in [6, 6.07) is 16.4. The van der Waals surface area contributed by atoms with E-state index in [4.69, 9.17) is 9.73 Å². The van der Waals surface area contributed by atoms with E-state index in [0.29, 0.717) is 17.4 Å². The number of thioether (sulfide) groups is 1. The molecule has 1 amide bonds. The molecule has 6 heteroatoms. The van der Waals surface area contributed by atoms with Crippen molar-refractivity contribution >= 4 is 40.3 Å². The summed E-state index contributed by atoms with van der Waals surface area (Å²) >= 11 is 1.46. The molecule has 0 N–H and O–H groups in total. The van der Waals surface area contributed by atoms with Crippen LogP contribution in [0, 0.1) is 0 Å². The summed E-state index contributed by atoms with van der Waals surface area (Å²) in [4.78, 5) is 23.2. The first-order valence-corrected chi connectivity index (χ1v) is 13.0. The summed E-state index contributed by atoms with van der Waals surface area (Å²) in [6.45, 7) is 8.22. The molecule has 5 nitrogen and oxygen atoms in total. The van der Waals surface area contributed by atoms with Crippen LogP contribution in [0.3, 0.4) is 0 Å². The highest BCUT2D eigenvalue weighted by Crippen LogP contribution is 2.43. The van der Waals surface area contributed by atoms with E-state index in [1.165, 1.54) is 23.0 Å². The lowest BCUT2D eigenvalue weighted by Crippen LogP contribution is -2.45. The number of amidine groups is 1. The van der Waals surface area contributed by atoms with E-state index < -0.39 is 0 Å². The third-order valence-electron chi connectivity index (χ3n) is 7.23. The van der Waals surface area contributed by atoms with Gasteiger partial charge in [-0.2, -0.15) is 0 Å². The van der Waals surface area contributed by atoms with Gasteiger partial charge in [0.1, 0.15) is 0 Å². The lowest BCUT2D eigenvalue weighted by Gasteiger charge is -2.45. The van der Waals surface area contributed by atoms with Crippen molar-refractivity contribution in [2.75, 3.05) is 25.1 Å². The van der Waals surface area contributed by atoms with Gasteiger partial charge in [0.15, 0.2) is 5.17 Å². The Morgan fingerprint density at radius 1 is 1.21 bits per heavy atom. The Morgan fingerprint density at radius 2 is 2.00 bits per heavy atom. The molecule has 34 heavy (non-hydrogen) atoms. The Balaban J connectivity index is 1.46. The fourth-order valence-corrected chi connectivity index (χ4v) is 6.20. The third-order valence-corrected chi connectivity index (χ3v) is 8.24. The molecule has 2 saturated heterocycles. The second-order valence-corrected chi connectivity index (χ2v) is 11.2.